The molecule has 144 valence electrons. The standard InChI is InChI=1S/C23H22O5/c1-26-17-9-5-6-15(12-17)13-21-22(24)19-11-10-18(14-20(19)28-21)27-23(25)16-7-3-2-4-8-16/h5-6,9-14,16H,2-4,7-8H2,1H3. The molecule has 0 amide bonds. The molecule has 1 aliphatic carbocycles. The van der Waals surface area contributed by atoms with Gasteiger partial charge in [0.05, 0.1) is 18.6 Å². The van der Waals surface area contributed by atoms with Crippen LogP contribution in [0.15, 0.2) is 48.2 Å². The van der Waals surface area contributed by atoms with E-state index in [0.29, 0.717) is 22.8 Å². The lowest BCUT2D eigenvalue weighted by molar-refractivity contribution is -0.139. The monoisotopic (exact) mass is 378 g/mol. The second-order valence-corrected chi connectivity index (χ2v) is 7.13. The highest BCUT2D eigenvalue weighted by Crippen LogP contribution is 2.35. The van der Waals surface area contributed by atoms with Crippen LogP contribution in [0.4, 0.5) is 0 Å². The average molecular weight is 378 g/mol. The van der Waals surface area contributed by atoms with E-state index in [1.165, 1.54) is 6.42 Å². The summed E-state index contributed by atoms with van der Waals surface area (Å²) in [6, 6.07) is 12.3. The second kappa shape index (κ2) is 7.89. The fraction of sp³-hybridized carbons (Fsp3) is 0.304. The van der Waals surface area contributed by atoms with Crippen molar-refractivity contribution in [3.63, 3.8) is 0 Å². The summed E-state index contributed by atoms with van der Waals surface area (Å²) in [6.45, 7) is 0. The number of esters is 1. The third-order valence-corrected chi connectivity index (χ3v) is 5.19. The Morgan fingerprint density at radius 2 is 1.89 bits per heavy atom. The maximum Gasteiger partial charge on any atom is 0.314 e. The molecule has 2 aliphatic rings. The molecule has 2 aromatic carbocycles. The summed E-state index contributed by atoms with van der Waals surface area (Å²) in [4.78, 5) is 24.9. The van der Waals surface area contributed by atoms with Crippen molar-refractivity contribution in [2.24, 2.45) is 5.92 Å². The van der Waals surface area contributed by atoms with Crippen LogP contribution in [0, 0.1) is 5.92 Å². The zero-order chi connectivity index (χ0) is 19.5. The number of allylic oxidation sites excluding steroid dienone is 1. The van der Waals surface area contributed by atoms with Gasteiger partial charge in [0, 0.05) is 6.07 Å². The second-order valence-electron chi connectivity index (χ2n) is 7.13. The molecule has 1 fully saturated rings. The molecule has 0 atom stereocenters. The van der Waals surface area contributed by atoms with E-state index >= 15 is 0 Å². The molecule has 2 aromatic rings. The summed E-state index contributed by atoms with van der Waals surface area (Å²) in [7, 11) is 1.59. The van der Waals surface area contributed by atoms with Crippen molar-refractivity contribution in [2.45, 2.75) is 32.1 Å². The lowest BCUT2D eigenvalue weighted by atomic mass is 9.89. The summed E-state index contributed by atoms with van der Waals surface area (Å²) in [5.41, 5.74) is 1.27. The van der Waals surface area contributed by atoms with E-state index in [1.54, 1.807) is 31.4 Å². The van der Waals surface area contributed by atoms with Gasteiger partial charge in [0.2, 0.25) is 5.78 Å². The predicted molar refractivity (Wildman–Crippen MR) is 105 cm³/mol. The van der Waals surface area contributed by atoms with Crippen LogP contribution in [0.5, 0.6) is 17.2 Å². The number of hydrogen-bond acceptors (Lipinski definition) is 5. The van der Waals surface area contributed by atoms with Crippen LogP contribution in [0.3, 0.4) is 0 Å². The fourth-order valence-corrected chi connectivity index (χ4v) is 3.65. The molecule has 5 heteroatoms. The normalized spacial score (nSPS) is 17.9. The van der Waals surface area contributed by atoms with Crippen molar-refractivity contribution < 1.29 is 23.8 Å². The van der Waals surface area contributed by atoms with Crippen LogP contribution >= 0.6 is 0 Å². The third-order valence-electron chi connectivity index (χ3n) is 5.19. The van der Waals surface area contributed by atoms with Gasteiger partial charge in [-0.15, -0.1) is 0 Å². The van der Waals surface area contributed by atoms with E-state index in [-0.39, 0.29) is 23.4 Å². The van der Waals surface area contributed by atoms with Crippen LogP contribution in [-0.4, -0.2) is 18.9 Å². The van der Waals surface area contributed by atoms with Gasteiger partial charge in [0.1, 0.15) is 17.2 Å². The molecule has 0 radical (unpaired) electrons. The van der Waals surface area contributed by atoms with Gasteiger partial charge < -0.3 is 14.2 Å². The molecule has 1 aliphatic heterocycles. The first-order valence-electron chi connectivity index (χ1n) is 9.58. The number of fused-ring (bicyclic) bond motifs is 1. The minimum absolute atomic E-state index is 0.0342. The van der Waals surface area contributed by atoms with E-state index in [1.807, 2.05) is 24.3 Å². The van der Waals surface area contributed by atoms with Crippen LogP contribution in [0.1, 0.15) is 48.0 Å². The molecule has 4 rings (SSSR count). The number of rotatable bonds is 4. The highest BCUT2D eigenvalue weighted by molar-refractivity contribution is 6.14. The van der Waals surface area contributed by atoms with Crippen molar-refractivity contribution in [1.29, 1.82) is 0 Å². The molecule has 5 nitrogen and oxygen atoms in total. The highest BCUT2D eigenvalue weighted by Gasteiger charge is 2.29. The quantitative estimate of drug-likeness (QED) is 0.435. The largest absolute Gasteiger partial charge is 0.497 e. The minimum atomic E-state index is -0.198. The van der Waals surface area contributed by atoms with Gasteiger partial charge in [-0.25, -0.2) is 0 Å². The molecule has 1 saturated carbocycles. The molecule has 0 aromatic heterocycles. The van der Waals surface area contributed by atoms with E-state index in [2.05, 4.69) is 0 Å². The first-order valence-corrected chi connectivity index (χ1v) is 9.58. The summed E-state index contributed by atoms with van der Waals surface area (Å²) >= 11 is 0. The molecule has 0 spiro atoms. The Hall–Kier alpha value is -3.08. The Morgan fingerprint density at radius 1 is 1.07 bits per heavy atom. The Labute approximate surface area is 163 Å². The maximum absolute atomic E-state index is 12.6. The summed E-state index contributed by atoms with van der Waals surface area (Å²) in [5, 5.41) is 0. The van der Waals surface area contributed by atoms with Gasteiger partial charge in [-0.05, 0) is 48.7 Å². The summed E-state index contributed by atoms with van der Waals surface area (Å²) in [6.07, 6.45) is 6.76. The van der Waals surface area contributed by atoms with Crippen molar-refractivity contribution in [2.75, 3.05) is 7.11 Å². The Bertz CT molecular complexity index is 938. The molecule has 28 heavy (non-hydrogen) atoms. The van der Waals surface area contributed by atoms with Crippen molar-refractivity contribution >= 4 is 17.8 Å². The molecule has 0 unspecified atom stereocenters. The topological polar surface area (TPSA) is 61.8 Å². The highest BCUT2D eigenvalue weighted by atomic mass is 16.5. The summed E-state index contributed by atoms with van der Waals surface area (Å²) in [5.74, 6) is 1.33. The van der Waals surface area contributed by atoms with Crippen LogP contribution in [0.25, 0.3) is 6.08 Å². The molecular weight excluding hydrogens is 356 g/mol. The summed E-state index contributed by atoms with van der Waals surface area (Å²) < 4.78 is 16.5. The van der Waals surface area contributed by atoms with Crippen LogP contribution in [0.2, 0.25) is 0 Å². The SMILES string of the molecule is COc1cccc(C=C2Oc3cc(OC(=O)C4CCCCC4)ccc3C2=O)c1. The molecule has 0 bridgehead atoms. The van der Waals surface area contributed by atoms with Gasteiger partial charge in [-0.2, -0.15) is 0 Å². The molecule has 1 heterocycles. The first kappa shape index (κ1) is 18.3. The number of Topliss-reactive ketones (excluding diaryl/α,β-unsaturated/α-hetero) is 1. The number of ether oxygens (including phenoxy) is 3. The van der Waals surface area contributed by atoms with E-state index in [4.69, 9.17) is 14.2 Å². The Kier molecular flexibility index (Phi) is 5.15. The van der Waals surface area contributed by atoms with E-state index < -0.39 is 0 Å². The molecular formula is C23H22O5. The third kappa shape index (κ3) is 3.79. The van der Waals surface area contributed by atoms with Crippen molar-refractivity contribution in [3.05, 3.63) is 59.4 Å². The fourth-order valence-electron chi connectivity index (χ4n) is 3.65. The van der Waals surface area contributed by atoms with Crippen LogP contribution < -0.4 is 14.2 Å². The number of benzene rings is 2. The van der Waals surface area contributed by atoms with Gasteiger partial charge in [-0.1, -0.05) is 31.4 Å². The maximum atomic E-state index is 12.6. The Balaban J connectivity index is 1.51. The van der Waals surface area contributed by atoms with Crippen LogP contribution in [-0.2, 0) is 4.79 Å². The predicted octanol–water partition coefficient (Wildman–Crippen LogP) is 4.80. The number of ketones is 1. The molecule has 0 saturated heterocycles. The Morgan fingerprint density at radius 3 is 2.68 bits per heavy atom. The zero-order valence-electron chi connectivity index (χ0n) is 15.8. The smallest absolute Gasteiger partial charge is 0.314 e. The van der Waals surface area contributed by atoms with Gasteiger partial charge in [-0.3, -0.25) is 9.59 Å². The number of hydrogen-bond donors (Lipinski definition) is 0. The zero-order valence-corrected chi connectivity index (χ0v) is 15.8. The van der Waals surface area contributed by atoms with E-state index in [0.717, 1.165) is 31.2 Å². The van der Waals surface area contributed by atoms with E-state index in [9.17, 15) is 9.59 Å². The van der Waals surface area contributed by atoms with Crippen molar-refractivity contribution in [3.8, 4) is 17.2 Å². The number of carbonyl (C=O) groups excluding carboxylic acids is 2. The van der Waals surface area contributed by atoms with Crippen molar-refractivity contribution in [1.82, 2.24) is 0 Å². The van der Waals surface area contributed by atoms with Gasteiger partial charge in [0.25, 0.3) is 0 Å². The lowest BCUT2D eigenvalue weighted by Crippen LogP contribution is -2.22. The van der Waals surface area contributed by atoms with Gasteiger partial charge in [0.15, 0.2) is 5.76 Å². The molecule has 0 N–H and O–H groups in total. The van der Waals surface area contributed by atoms with Gasteiger partial charge >= 0.3 is 5.97 Å². The minimum Gasteiger partial charge on any atom is -0.497 e. The lowest BCUT2D eigenvalue weighted by Gasteiger charge is -2.19. The number of methoxy groups -OCH3 is 1. The number of carbonyl (C=O) groups is 2. The first-order chi connectivity index (χ1) is 13.6. The average Bonchev–Trinajstić information content (AvgIpc) is 3.03.